The summed E-state index contributed by atoms with van der Waals surface area (Å²) in [6, 6.07) is 2.89. The fraction of sp³-hybridized carbons (Fsp3) is 0.167. The molecule has 0 atom stereocenters. The van der Waals surface area contributed by atoms with Crippen LogP contribution in [-0.2, 0) is 0 Å². The summed E-state index contributed by atoms with van der Waals surface area (Å²) in [5.74, 6) is 0. The molecule has 1 heterocycles. The van der Waals surface area contributed by atoms with Gasteiger partial charge in [-0.1, -0.05) is 0 Å². The van der Waals surface area contributed by atoms with Gasteiger partial charge in [0.2, 0.25) is 0 Å². The largest absolute Gasteiger partial charge is 0.290 e. The highest BCUT2D eigenvalue weighted by molar-refractivity contribution is 7.80. The lowest BCUT2D eigenvalue weighted by atomic mass is 10.3. The summed E-state index contributed by atoms with van der Waals surface area (Å²) in [4.78, 5) is 13.6. The van der Waals surface area contributed by atoms with E-state index in [4.69, 9.17) is 0 Å². The van der Waals surface area contributed by atoms with Gasteiger partial charge in [0.1, 0.15) is 5.69 Å². The van der Waals surface area contributed by atoms with Gasteiger partial charge in [-0.05, 0) is 13.0 Å². The summed E-state index contributed by atoms with van der Waals surface area (Å²) >= 11 is 3.94. The monoisotopic (exact) mass is 170 g/mol. The molecule has 1 aromatic heterocycles. The molecule has 0 saturated carbocycles. The third-order valence-electron chi connectivity index (χ3n) is 1.24. The number of aryl methyl sites for hydroxylation is 1. The first-order valence-corrected chi connectivity index (χ1v) is 3.37. The Hall–Kier alpha value is -1.10. The van der Waals surface area contributed by atoms with Gasteiger partial charge in [0.15, 0.2) is 0 Å². The van der Waals surface area contributed by atoms with E-state index < -0.39 is 4.92 Å². The second kappa shape index (κ2) is 2.87. The van der Waals surface area contributed by atoms with E-state index in [0.717, 1.165) is 0 Å². The van der Waals surface area contributed by atoms with Gasteiger partial charge in [-0.2, -0.15) is 0 Å². The van der Waals surface area contributed by atoms with Crippen LogP contribution in [0, 0.1) is 17.0 Å². The Morgan fingerprint density at radius 2 is 2.27 bits per heavy atom. The average Bonchev–Trinajstić information content (AvgIpc) is 1.85. The Balaban J connectivity index is 3.20. The molecule has 0 aliphatic carbocycles. The maximum atomic E-state index is 10.3. The lowest BCUT2D eigenvalue weighted by Crippen LogP contribution is -1.93. The molecule has 0 bridgehead atoms. The number of hydrogen-bond donors (Lipinski definition) is 1. The predicted molar refractivity (Wildman–Crippen MR) is 42.9 cm³/mol. The first-order valence-electron chi connectivity index (χ1n) is 2.92. The molecule has 5 heteroatoms. The summed E-state index contributed by atoms with van der Waals surface area (Å²) in [6.07, 6.45) is 0. The summed E-state index contributed by atoms with van der Waals surface area (Å²) in [7, 11) is 0. The van der Waals surface area contributed by atoms with Crippen molar-refractivity contribution in [3.63, 3.8) is 0 Å². The van der Waals surface area contributed by atoms with Crippen LogP contribution >= 0.6 is 12.6 Å². The molecule has 1 rings (SSSR count). The van der Waals surface area contributed by atoms with E-state index in [1.54, 1.807) is 6.92 Å². The number of aromatic nitrogens is 1. The van der Waals surface area contributed by atoms with Crippen molar-refractivity contribution in [3.8, 4) is 0 Å². The maximum absolute atomic E-state index is 10.3. The van der Waals surface area contributed by atoms with Crippen molar-refractivity contribution >= 4 is 18.3 Å². The van der Waals surface area contributed by atoms with E-state index in [9.17, 15) is 10.1 Å². The van der Waals surface area contributed by atoms with Crippen molar-refractivity contribution in [1.29, 1.82) is 0 Å². The molecule has 0 aromatic carbocycles. The Morgan fingerprint density at radius 3 is 2.73 bits per heavy atom. The van der Waals surface area contributed by atoms with Crippen molar-refractivity contribution in [3.05, 3.63) is 27.9 Å². The Bertz CT molecular complexity index is 301. The van der Waals surface area contributed by atoms with Crippen molar-refractivity contribution in [2.24, 2.45) is 0 Å². The summed E-state index contributed by atoms with van der Waals surface area (Å²) in [5, 5.41) is 10.8. The molecule has 58 valence electrons. The quantitative estimate of drug-likeness (QED) is 0.395. The highest BCUT2D eigenvalue weighted by Gasteiger charge is 2.09. The van der Waals surface area contributed by atoms with Gasteiger partial charge in [0.05, 0.1) is 9.95 Å². The standard InChI is InChI=1S/C6H6N2O2S/c1-4-5(8(9)10)2-3-6(11)7-4/h2-3H,1H3,(H,7,11). The number of pyridine rings is 1. The highest BCUT2D eigenvalue weighted by Crippen LogP contribution is 2.16. The lowest BCUT2D eigenvalue weighted by Gasteiger charge is -1.95. The van der Waals surface area contributed by atoms with Crippen molar-refractivity contribution in [1.82, 2.24) is 4.98 Å². The van der Waals surface area contributed by atoms with E-state index in [0.29, 0.717) is 10.7 Å². The Labute approximate surface area is 68.8 Å². The topological polar surface area (TPSA) is 56.0 Å². The molecule has 4 nitrogen and oxygen atoms in total. The second-order valence-corrected chi connectivity index (χ2v) is 2.49. The first kappa shape index (κ1) is 8.00. The molecular formula is C6H6N2O2S. The summed E-state index contributed by atoms with van der Waals surface area (Å²) < 4.78 is 0. The van der Waals surface area contributed by atoms with Gasteiger partial charge in [0, 0.05) is 6.07 Å². The molecule has 0 N–H and O–H groups in total. The summed E-state index contributed by atoms with van der Waals surface area (Å²) in [5.41, 5.74) is 0.422. The molecule has 1 aromatic rings. The number of nitro groups is 1. The van der Waals surface area contributed by atoms with E-state index >= 15 is 0 Å². The van der Waals surface area contributed by atoms with E-state index in [2.05, 4.69) is 17.6 Å². The van der Waals surface area contributed by atoms with Crippen LogP contribution in [-0.4, -0.2) is 9.91 Å². The Kier molecular flexibility index (Phi) is 2.09. The van der Waals surface area contributed by atoms with Gasteiger partial charge in [-0.15, -0.1) is 12.6 Å². The van der Waals surface area contributed by atoms with Crippen LogP contribution < -0.4 is 0 Å². The third-order valence-corrected chi connectivity index (χ3v) is 1.49. The van der Waals surface area contributed by atoms with Crippen molar-refractivity contribution < 1.29 is 4.92 Å². The zero-order valence-electron chi connectivity index (χ0n) is 5.81. The number of rotatable bonds is 1. The molecule has 0 amide bonds. The SMILES string of the molecule is Cc1nc(S)ccc1[N+](=O)[O-]. The minimum absolute atomic E-state index is 0.0304. The highest BCUT2D eigenvalue weighted by atomic mass is 32.1. The molecule has 0 saturated heterocycles. The molecule has 0 spiro atoms. The summed E-state index contributed by atoms with van der Waals surface area (Å²) in [6.45, 7) is 1.58. The molecule has 0 unspecified atom stereocenters. The molecule has 0 aliphatic rings. The fourth-order valence-electron chi connectivity index (χ4n) is 0.733. The van der Waals surface area contributed by atoms with Crippen LogP contribution in [0.1, 0.15) is 5.69 Å². The lowest BCUT2D eigenvalue weighted by molar-refractivity contribution is -0.385. The van der Waals surface area contributed by atoms with Gasteiger partial charge in [-0.25, -0.2) is 4.98 Å². The minimum atomic E-state index is -0.463. The molecule has 0 radical (unpaired) electrons. The van der Waals surface area contributed by atoms with E-state index in [1.165, 1.54) is 12.1 Å². The fourth-order valence-corrected chi connectivity index (χ4v) is 0.958. The second-order valence-electron chi connectivity index (χ2n) is 2.03. The Morgan fingerprint density at radius 1 is 1.64 bits per heavy atom. The van der Waals surface area contributed by atoms with Gasteiger partial charge in [-0.3, -0.25) is 10.1 Å². The van der Waals surface area contributed by atoms with Crippen LogP contribution in [0.15, 0.2) is 17.2 Å². The zero-order valence-corrected chi connectivity index (χ0v) is 6.71. The molecular weight excluding hydrogens is 164 g/mol. The van der Waals surface area contributed by atoms with Crippen LogP contribution in [0.3, 0.4) is 0 Å². The minimum Gasteiger partial charge on any atom is -0.258 e. The molecule has 0 aliphatic heterocycles. The van der Waals surface area contributed by atoms with Gasteiger partial charge in [0.25, 0.3) is 5.69 Å². The zero-order chi connectivity index (χ0) is 8.43. The number of hydrogen-bond acceptors (Lipinski definition) is 4. The average molecular weight is 170 g/mol. The van der Waals surface area contributed by atoms with Crippen molar-refractivity contribution in [2.75, 3.05) is 0 Å². The maximum Gasteiger partial charge on any atom is 0.290 e. The van der Waals surface area contributed by atoms with Crippen LogP contribution in [0.2, 0.25) is 0 Å². The van der Waals surface area contributed by atoms with Gasteiger partial charge >= 0.3 is 0 Å². The van der Waals surface area contributed by atoms with Crippen LogP contribution in [0.25, 0.3) is 0 Å². The van der Waals surface area contributed by atoms with Crippen LogP contribution in [0.5, 0.6) is 0 Å². The smallest absolute Gasteiger partial charge is 0.258 e. The van der Waals surface area contributed by atoms with Gasteiger partial charge < -0.3 is 0 Å². The third kappa shape index (κ3) is 1.68. The number of thiol groups is 1. The number of nitrogens with zero attached hydrogens (tertiary/aromatic N) is 2. The normalized spacial score (nSPS) is 9.64. The predicted octanol–water partition coefficient (Wildman–Crippen LogP) is 1.59. The molecule has 11 heavy (non-hydrogen) atoms. The van der Waals surface area contributed by atoms with Crippen molar-refractivity contribution in [2.45, 2.75) is 11.9 Å². The van der Waals surface area contributed by atoms with E-state index in [1.807, 2.05) is 0 Å². The first-order chi connectivity index (χ1) is 5.11. The van der Waals surface area contributed by atoms with E-state index in [-0.39, 0.29) is 5.69 Å². The van der Waals surface area contributed by atoms with Crippen LogP contribution in [0.4, 0.5) is 5.69 Å². The molecule has 0 fully saturated rings.